The van der Waals surface area contributed by atoms with Crippen molar-refractivity contribution in [2.24, 2.45) is 5.92 Å². The minimum absolute atomic E-state index is 0.164. The van der Waals surface area contributed by atoms with Gasteiger partial charge in [0.1, 0.15) is 5.82 Å². The summed E-state index contributed by atoms with van der Waals surface area (Å²) in [4.78, 5) is 2.49. The summed E-state index contributed by atoms with van der Waals surface area (Å²) in [5.41, 5.74) is 1.20. The molecule has 0 aliphatic carbocycles. The molecule has 4 heteroatoms. The highest BCUT2D eigenvalue weighted by atomic mass is 19.1. The maximum Gasteiger partial charge on any atom is 0.123 e. The Labute approximate surface area is 139 Å². The first-order valence-corrected chi connectivity index (χ1v) is 8.93. The summed E-state index contributed by atoms with van der Waals surface area (Å²) in [6, 6.07) is 7.41. The van der Waals surface area contributed by atoms with Crippen molar-refractivity contribution in [1.82, 2.24) is 10.2 Å². The van der Waals surface area contributed by atoms with Crippen LogP contribution >= 0.6 is 0 Å². The van der Waals surface area contributed by atoms with Gasteiger partial charge in [-0.3, -0.25) is 0 Å². The Morgan fingerprint density at radius 1 is 1.22 bits per heavy atom. The fourth-order valence-corrected chi connectivity index (χ4v) is 3.07. The Hall–Kier alpha value is -0.970. The summed E-state index contributed by atoms with van der Waals surface area (Å²) in [7, 11) is 0. The van der Waals surface area contributed by atoms with Crippen molar-refractivity contribution in [1.29, 1.82) is 0 Å². The van der Waals surface area contributed by atoms with Gasteiger partial charge in [-0.25, -0.2) is 4.39 Å². The van der Waals surface area contributed by atoms with Crippen molar-refractivity contribution in [3.8, 4) is 0 Å². The SMILES string of the molecule is CC(C)C(O)CCNC1CCN(CCc2ccc(F)cc2)CC1. The zero-order valence-corrected chi connectivity index (χ0v) is 14.5. The van der Waals surface area contributed by atoms with E-state index in [2.05, 4.69) is 24.1 Å². The Morgan fingerprint density at radius 3 is 2.48 bits per heavy atom. The third-order valence-electron chi connectivity index (χ3n) is 4.86. The molecule has 0 radical (unpaired) electrons. The molecule has 0 amide bonds. The number of likely N-dealkylation sites (tertiary alicyclic amines) is 1. The van der Waals surface area contributed by atoms with E-state index in [9.17, 15) is 9.50 Å². The molecule has 0 saturated carbocycles. The van der Waals surface area contributed by atoms with Gasteiger partial charge in [0.2, 0.25) is 0 Å². The first-order valence-electron chi connectivity index (χ1n) is 8.93. The first kappa shape index (κ1) is 18.4. The van der Waals surface area contributed by atoms with Crippen molar-refractivity contribution in [2.75, 3.05) is 26.2 Å². The van der Waals surface area contributed by atoms with Crippen LogP contribution in [0, 0.1) is 11.7 Å². The van der Waals surface area contributed by atoms with Crippen molar-refractivity contribution in [2.45, 2.75) is 51.7 Å². The number of hydrogen-bond acceptors (Lipinski definition) is 3. The summed E-state index contributed by atoms with van der Waals surface area (Å²) in [6.07, 6.45) is 3.96. The molecule has 0 spiro atoms. The van der Waals surface area contributed by atoms with Gasteiger partial charge >= 0.3 is 0 Å². The Morgan fingerprint density at radius 2 is 1.87 bits per heavy atom. The second-order valence-electron chi connectivity index (χ2n) is 7.05. The lowest BCUT2D eigenvalue weighted by Gasteiger charge is -2.32. The van der Waals surface area contributed by atoms with Gasteiger partial charge in [-0.15, -0.1) is 0 Å². The lowest BCUT2D eigenvalue weighted by atomic mass is 10.0. The maximum absolute atomic E-state index is 12.9. The molecule has 1 aliphatic heterocycles. The number of nitrogens with zero attached hydrogens (tertiary/aromatic N) is 1. The molecular formula is C19H31FN2O. The lowest BCUT2D eigenvalue weighted by molar-refractivity contribution is 0.113. The van der Waals surface area contributed by atoms with Gasteiger partial charge in [0.25, 0.3) is 0 Å². The molecule has 3 nitrogen and oxygen atoms in total. The highest BCUT2D eigenvalue weighted by Gasteiger charge is 2.19. The van der Waals surface area contributed by atoms with Gasteiger partial charge in [0.15, 0.2) is 0 Å². The Kier molecular flexibility index (Phi) is 7.47. The first-order chi connectivity index (χ1) is 11.0. The molecule has 2 N–H and O–H groups in total. The molecule has 23 heavy (non-hydrogen) atoms. The van der Waals surface area contributed by atoms with Crippen LogP contribution in [0.2, 0.25) is 0 Å². The van der Waals surface area contributed by atoms with Crippen LogP contribution in [0.4, 0.5) is 4.39 Å². The molecule has 1 atom stereocenters. The zero-order chi connectivity index (χ0) is 16.7. The second kappa shape index (κ2) is 9.36. The van der Waals surface area contributed by atoms with Gasteiger partial charge in [-0.2, -0.15) is 0 Å². The van der Waals surface area contributed by atoms with E-state index in [1.54, 1.807) is 0 Å². The number of halogens is 1. The van der Waals surface area contributed by atoms with E-state index >= 15 is 0 Å². The van der Waals surface area contributed by atoms with Gasteiger partial charge in [-0.05, 0) is 68.9 Å². The number of hydrogen-bond donors (Lipinski definition) is 2. The molecule has 1 aliphatic rings. The molecule has 1 heterocycles. The predicted octanol–water partition coefficient (Wildman–Crippen LogP) is 2.83. The third kappa shape index (κ3) is 6.58. The topological polar surface area (TPSA) is 35.5 Å². The van der Waals surface area contributed by atoms with Crippen molar-refractivity contribution < 1.29 is 9.50 Å². The zero-order valence-electron chi connectivity index (χ0n) is 14.5. The molecule has 0 aromatic heterocycles. The summed E-state index contributed by atoms with van der Waals surface area (Å²) < 4.78 is 12.9. The van der Waals surface area contributed by atoms with Crippen molar-refractivity contribution in [3.05, 3.63) is 35.6 Å². The van der Waals surface area contributed by atoms with E-state index in [0.717, 1.165) is 39.0 Å². The molecule has 2 rings (SSSR count). The predicted molar refractivity (Wildman–Crippen MR) is 93.0 cm³/mol. The summed E-state index contributed by atoms with van der Waals surface area (Å²) >= 11 is 0. The van der Waals surface area contributed by atoms with Crippen LogP contribution in [0.3, 0.4) is 0 Å². The number of piperidine rings is 1. The smallest absolute Gasteiger partial charge is 0.123 e. The van der Waals surface area contributed by atoms with E-state index in [1.807, 2.05) is 12.1 Å². The van der Waals surface area contributed by atoms with E-state index < -0.39 is 0 Å². The normalized spacial score (nSPS) is 18.5. The van der Waals surface area contributed by atoms with E-state index in [1.165, 1.54) is 30.5 Å². The van der Waals surface area contributed by atoms with Crippen molar-refractivity contribution in [3.63, 3.8) is 0 Å². The quantitative estimate of drug-likeness (QED) is 0.772. The van der Waals surface area contributed by atoms with Crippen LogP contribution < -0.4 is 5.32 Å². The largest absolute Gasteiger partial charge is 0.393 e. The van der Waals surface area contributed by atoms with Crippen LogP contribution in [0.25, 0.3) is 0 Å². The van der Waals surface area contributed by atoms with Crippen LogP contribution in [-0.4, -0.2) is 48.3 Å². The van der Waals surface area contributed by atoms with Crippen molar-refractivity contribution >= 4 is 0 Å². The molecule has 1 aromatic carbocycles. The average molecular weight is 322 g/mol. The average Bonchev–Trinajstić information content (AvgIpc) is 2.55. The Bertz CT molecular complexity index is 441. The fourth-order valence-electron chi connectivity index (χ4n) is 3.07. The number of nitrogens with one attached hydrogen (secondary N) is 1. The number of aliphatic hydroxyl groups excluding tert-OH is 1. The van der Waals surface area contributed by atoms with Crippen LogP contribution in [-0.2, 0) is 6.42 Å². The maximum atomic E-state index is 12.9. The highest BCUT2D eigenvalue weighted by molar-refractivity contribution is 5.16. The summed E-state index contributed by atoms with van der Waals surface area (Å²) in [6.45, 7) is 8.30. The second-order valence-corrected chi connectivity index (χ2v) is 7.05. The van der Waals surface area contributed by atoms with Crippen LogP contribution in [0.1, 0.15) is 38.7 Å². The van der Waals surface area contributed by atoms with E-state index in [4.69, 9.17) is 0 Å². The number of aliphatic hydroxyl groups is 1. The highest BCUT2D eigenvalue weighted by Crippen LogP contribution is 2.12. The minimum Gasteiger partial charge on any atom is -0.393 e. The molecule has 130 valence electrons. The fraction of sp³-hybridized carbons (Fsp3) is 0.684. The van der Waals surface area contributed by atoms with Crippen LogP contribution in [0.5, 0.6) is 0 Å². The molecule has 0 bridgehead atoms. The van der Waals surface area contributed by atoms with E-state index in [-0.39, 0.29) is 11.9 Å². The van der Waals surface area contributed by atoms with Crippen LogP contribution in [0.15, 0.2) is 24.3 Å². The van der Waals surface area contributed by atoms with Gasteiger partial charge in [-0.1, -0.05) is 26.0 Å². The summed E-state index contributed by atoms with van der Waals surface area (Å²) in [5.74, 6) is 0.174. The van der Waals surface area contributed by atoms with Gasteiger partial charge in [0, 0.05) is 12.6 Å². The Balaban J connectivity index is 1.59. The molecular weight excluding hydrogens is 291 g/mol. The van der Waals surface area contributed by atoms with Gasteiger partial charge in [0.05, 0.1) is 6.10 Å². The molecule has 1 aromatic rings. The molecule has 1 unspecified atom stereocenters. The van der Waals surface area contributed by atoms with Gasteiger partial charge < -0.3 is 15.3 Å². The number of rotatable bonds is 8. The summed E-state index contributed by atoms with van der Waals surface area (Å²) in [5, 5.41) is 13.4. The number of benzene rings is 1. The molecule has 1 fully saturated rings. The third-order valence-corrected chi connectivity index (χ3v) is 4.86. The molecule has 1 saturated heterocycles. The standard InChI is InChI=1S/C19H31FN2O/c1-15(2)19(23)7-11-21-18-9-13-22(14-10-18)12-8-16-3-5-17(20)6-4-16/h3-6,15,18-19,21,23H,7-14H2,1-2H3. The minimum atomic E-state index is -0.196. The van der Waals surface area contributed by atoms with E-state index in [0.29, 0.717) is 12.0 Å². The monoisotopic (exact) mass is 322 g/mol. The lowest BCUT2D eigenvalue weighted by Crippen LogP contribution is -2.43.